The van der Waals surface area contributed by atoms with E-state index in [2.05, 4.69) is 76.4 Å². The number of pyridine rings is 2. The van der Waals surface area contributed by atoms with E-state index in [1.165, 1.54) is 80.3 Å². The van der Waals surface area contributed by atoms with Crippen molar-refractivity contribution in [3.05, 3.63) is 77.3 Å². The first-order chi connectivity index (χ1) is 15.7. The summed E-state index contributed by atoms with van der Waals surface area (Å²) in [6, 6.07) is 17.8. The number of hydrogen-bond donors (Lipinski definition) is 0. The van der Waals surface area contributed by atoms with Gasteiger partial charge in [-0.1, -0.05) is 43.2 Å². The molecular weight excluding hydrogens is 390 g/mol. The third kappa shape index (κ3) is 2.17. The van der Waals surface area contributed by atoms with Gasteiger partial charge < -0.3 is 4.40 Å². The molecule has 7 rings (SSSR count). The molecular formula is C29H24N3+. The lowest BCUT2D eigenvalue weighted by atomic mass is 9.92. The molecule has 1 saturated carbocycles. The molecule has 0 spiro atoms. The second kappa shape index (κ2) is 6.20. The zero-order valence-corrected chi connectivity index (χ0v) is 18.4. The molecule has 0 radical (unpaired) electrons. The Bertz CT molecular complexity index is 1760. The van der Waals surface area contributed by atoms with Gasteiger partial charge in [0.25, 0.3) is 0 Å². The summed E-state index contributed by atoms with van der Waals surface area (Å²) >= 11 is 0. The van der Waals surface area contributed by atoms with Crippen LogP contribution in [-0.2, 0) is 7.05 Å². The Morgan fingerprint density at radius 3 is 2.56 bits per heavy atom. The Labute approximate surface area is 186 Å². The Hall–Kier alpha value is -3.64. The Morgan fingerprint density at radius 1 is 0.938 bits per heavy atom. The van der Waals surface area contributed by atoms with Gasteiger partial charge >= 0.3 is 0 Å². The molecule has 32 heavy (non-hydrogen) atoms. The first kappa shape index (κ1) is 18.0. The van der Waals surface area contributed by atoms with Gasteiger partial charge in [-0.25, -0.2) is 9.41 Å². The third-order valence-electron chi connectivity index (χ3n) is 7.79. The normalized spacial score (nSPS) is 15.2. The van der Waals surface area contributed by atoms with Gasteiger partial charge in [0.2, 0.25) is 5.52 Å². The molecule has 0 atom stereocenters. The fourth-order valence-electron chi connectivity index (χ4n) is 6.29. The van der Waals surface area contributed by atoms with Gasteiger partial charge in [-0.05, 0) is 54.3 Å². The quantitative estimate of drug-likeness (QED) is 0.116. The van der Waals surface area contributed by atoms with E-state index in [9.17, 15) is 0 Å². The van der Waals surface area contributed by atoms with E-state index in [0.717, 1.165) is 5.52 Å². The number of rotatable bonds is 1. The van der Waals surface area contributed by atoms with Gasteiger partial charge in [-0.3, -0.25) is 0 Å². The van der Waals surface area contributed by atoms with Crippen LogP contribution in [0.5, 0.6) is 0 Å². The molecule has 3 heterocycles. The summed E-state index contributed by atoms with van der Waals surface area (Å²) in [6.07, 6.45) is 7.46. The first-order valence-corrected chi connectivity index (χ1v) is 11.6. The molecule has 3 aromatic heterocycles. The molecule has 3 heteroatoms. The summed E-state index contributed by atoms with van der Waals surface area (Å²) < 4.78 is 4.74. The maximum Gasteiger partial charge on any atom is 0.224 e. The number of nitrogens with zero attached hydrogens (tertiary/aromatic N) is 3. The number of aromatic nitrogens is 2. The van der Waals surface area contributed by atoms with Crippen LogP contribution in [0.2, 0.25) is 0 Å². The van der Waals surface area contributed by atoms with Crippen LogP contribution in [0.1, 0.15) is 42.7 Å². The van der Waals surface area contributed by atoms with Crippen molar-refractivity contribution in [3.8, 4) is 0 Å². The molecule has 3 nitrogen and oxygen atoms in total. The number of benzene rings is 3. The maximum absolute atomic E-state index is 7.59. The van der Waals surface area contributed by atoms with Crippen LogP contribution in [0.25, 0.3) is 53.8 Å². The summed E-state index contributed by atoms with van der Waals surface area (Å²) in [5, 5.41) is 6.46. The maximum atomic E-state index is 7.59. The average Bonchev–Trinajstić information content (AvgIpc) is 3.46. The van der Waals surface area contributed by atoms with E-state index in [4.69, 9.17) is 6.57 Å². The first-order valence-electron chi connectivity index (χ1n) is 11.6. The van der Waals surface area contributed by atoms with Gasteiger partial charge in [-0.15, -0.1) is 0 Å². The molecule has 0 bridgehead atoms. The largest absolute Gasteiger partial charge is 0.309 e. The highest BCUT2D eigenvalue weighted by Crippen LogP contribution is 2.43. The summed E-state index contributed by atoms with van der Waals surface area (Å²) in [4.78, 5) is 3.74. The third-order valence-corrected chi connectivity index (χ3v) is 7.79. The molecule has 3 aromatic carbocycles. The topological polar surface area (TPSA) is 12.6 Å². The summed E-state index contributed by atoms with van der Waals surface area (Å²) in [7, 11) is 2.16. The zero-order chi connectivity index (χ0) is 21.6. The number of fused-ring (bicyclic) bond motifs is 5. The van der Waals surface area contributed by atoms with Crippen LogP contribution in [0.15, 0.2) is 54.7 Å². The average molecular weight is 415 g/mol. The van der Waals surface area contributed by atoms with Crippen molar-refractivity contribution in [2.75, 3.05) is 0 Å². The van der Waals surface area contributed by atoms with E-state index >= 15 is 0 Å². The number of aryl methyl sites for hydroxylation is 2. The summed E-state index contributed by atoms with van der Waals surface area (Å²) in [6.45, 7) is 9.81. The van der Waals surface area contributed by atoms with Gasteiger partial charge in [0.05, 0.1) is 28.4 Å². The molecule has 0 aliphatic heterocycles. The molecule has 1 aliphatic carbocycles. The highest BCUT2D eigenvalue weighted by molar-refractivity contribution is 6.26. The Balaban J connectivity index is 1.82. The fraction of sp³-hybridized carbons (Fsp3) is 0.241. The lowest BCUT2D eigenvalue weighted by Gasteiger charge is -2.16. The predicted octanol–water partition coefficient (Wildman–Crippen LogP) is 7.33. The fourth-order valence-corrected chi connectivity index (χ4v) is 6.29. The van der Waals surface area contributed by atoms with Crippen molar-refractivity contribution in [2.45, 2.75) is 38.5 Å². The zero-order valence-electron chi connectivity index (χ0n) is 18.4. The second-order valence-electron chi connectivity index (χ2n) is 9.56. The van der Waals surface area contributed by atoms with Gasteiger partial charge in [0.15, 0.2) is 11.9 Å². The van der Waals surface area contributed by atoms with Crippen LogP contribution in [0, 0.1) is 13.5 Å². The van der Waals surface area contributed by atoms with Crippen molar-refractivity contribution in [1.29, 1.82) is 0 Å². The van der Waals surface area contributed by atoms with Crippen molar-refractivity contribution < 1.29 is 4.57 Å². The molecule has 1 fully saturated rings. The molecule has 0 saturated heterocycles. The number of hydrogen-bond acceptors (Lipinski definition) is 0. The minimum Gasteiger partial charge on any atom is -0.309 e. The lowest BCUT2D eigenvalue weighted by molar-refractivity contribution is -0.643. The van der Waals surface area contributed by atoms with Crippen LogP contribution in [0.3, 0.4) is 0 Å². The van der Waals surface area contributed by atoms with Gasteiger partial charge in [0, 0.05) is 22.4 Å². The van der Waals surface area contributed by atoms with E-state index in [-0.39, 0.29) is 0 Å². The van der Waals surface area contributed by atoms with Crippen molar-refractivity contribution in [2.24, 2.45) is 7.05 Å². The van der Waals surface area contributed by atoms with Crippen LogP contribution in [-0.4, -0.2) is 4.40 Å². The molecule has 0 amide bonds. The standard InChI is InChI=1S/C29H24N3/c1-17-8-10-23-22-11-9-21(30-2)16-24(22)32-25-15-20(18-6-4-5-7-18)14-19-12-13-31(3)29(27(19)25)26(17)28(23)32/h8-16,18H,4-7H2,1,3H3/q+1. The smallest absolute Gasteiger partial charge is 0.224 e. The lowest BCUT2D eigenvalue weighted by Crippen LogP contribution is -2.29. The SMILES string of the molecule is [C-]#[N+]c1ccc2c3ccc(C)c4c3n(c2c1)c1cc(C2CCCC2)cc2cc[n+](C)c4c21. The van der Waals surface area contributed by atoms with Crippen molar-refractivity contribution >= 4 is 54.7 Å². The van der Waals surface area contributed by atoms with Crippen LogP contribution >= 0.6 is 0 Å². The summed E-state index contributed by atoms with van der Waals surface area (Å²) in [5.74, 6) is 0.656. The van der Waals surface area contributed by atoms with Crippen LogP contribution < -0.4 is 4.57 Å². The molecule has 6 aromatic rings. The van der Waals surface area contributed by atoms with E-state index in [0.29, 0.717) is 11.6 Å². The van der Waals surface area contributed by atoms with Gasteiger partial charge in [-0.2, -0.15) is 0 Å². The highest BCUT2D eigenvalue weighted by atomic mass is 15.0. The molecule has 154 valence electrons. The van der Waals surface area contributed by atoms with E-state index in [1.54, 1.807) is 0 Å². The monoisotopic (exact) mass is 414 g/mol. The Morgan fingerprint density at radius 2 is 1.75 bits per heavy atom. The van der Waals surface area contributed by atoms with E-state index in [1.807, 2.05) is 6.07 Å². The van der Waals surface area contributed by atoms with Crippen molar-refractivity contribution in [3.63, 3.8) is 0 Å². The minimum absolute atomic E-state index is 0.656. The predicted molar refractivity (Wildman–Crippen MR) is 132 cm³/mol. The highest BCUT2D eigenvalue weighted by Gasteiger charge is 2.26. The summed E-state index contributed by atoms with van der Waals surface area (Å²) in [5.41, 5.74) is 8.46. The van der Waals surface area contributed by atoms with Crippen molar-refractivity contribution in [1.82, 2.24) is 4.40 Å². The Kier molecular flexibility index (Phi) is 3.49. The second-order valence-corrected chi connectivity index (χ2v) is 9.56. The molecule has 0 N–H and O–H groups in total. The van der Waals surface area contributed by atoms with Crippen LogP contribution in [0.4, 0.5) is 5.69 Å². The van der Waals surface area contributed by atoms with Gasteiger partial charge in [0.1, 0.15) is 7.05 Å². The molecule has 0 unspecified atom stereocenters. The van der Waals surface area contributed by atoms with E-state index < -0.39 is 0 Å². The molecule has 1 aliphatic rings. The minimum atomic E-state index is 0.656.